The number of nitrogens with two attached hydrogens (primary N) is 1. The molecule has 0 saturated carbocycles. The molecule has 0 heterocycles. The molecule has 0 amide bonds. The molecule has 0 fully saturated rings. The molecule has 2 atom stereocenters. The zero-order chi connectivity index (χ0) is 20.9. The van der Waals surface area contributed by atoms with Crippen LogP contribution in [0.3, 0.4) is 0 Å². The number of benzene rings is 2. The molecule has 0 aromatic heterocycles. The maximum Gasteiger partial charge on any atom is 0.347 e. The first kappa shape index (κ1) is 21.5. The Kier molecular flexibility index (Phi) is 6.76. The van der Waals surface area contributed by atoms with Crippen LogP contribution in [0.2, 0.25) is 0 Å². The Hall–Kier alpha value is -2.17. The smallest absolute Gasteiger partial charge is 0.347 e. The Bertz CT molecular complexity index is 865. The standard InChI is InChI=1S/C23H28NO4P/c1-26-20-14-16-23(17-15-20,22(24)29(25,27-2)28-3)21(18-10-6-4-7-11-18)19-12-8-5-9-13-19/h4-16,21-22H,17,24H2,1-3H3/t22-,23?/m1/s1. The Balaban J connectivity index is 2.24. The lowest BCUT2D eigenvalue weighted by atomic mass is 9.65. The predicted octanol–water partition coefficient (Wildman–Crippen LogP) is 5.07. The Morgan fingerprint density at radius 2 is 1.45 bits per heavy atom. The van der Waals surface area contributed by atoms with Gasteiger partial charge in [-0.15, -0.1) is 0 Å². The topological polar surface area (TPSA) is 70.8 Å². The fourth-order valence-corrected chi connectivity index (χ4v) is 5.64. The summed E-state index contributed by atoms with van der Waals surface area (Å²) in [4.78, 5) is 0. The van der Waals surface area contributed by atoms with Crippen molar-refractivity contribution in [3.05, 3.63) is 95.8 Å². The molecule has 3 rings (SSSR count). The van der Waals surface area contributed by atoms with Crippen molar-refractivity contribution in [2.75, 3.05) is 21.3 Å². The van der Waals surface area contributed by atoms with Crippen molar-refractivity contribution in [1.29, 1.82) is 0 Å². The summed E-state index contributed by atoms with van der Waals surface area (Å²) < 4.78 is 29.5. The van der Waals surface area contributed by atoms with Crippen molar-refractivity contribution in [3.63, 3.8) is 0 Å². The number of hydrogen-bond acceptors (Lipinski definition) is 5. The van der Waals surface area contributed by atoms with Crippen LogP contribution in [0.1, 0.15) is 23.5 Å². The van der Waals surface area contributed by atoms with Gasteiger partial charge < -0.3 is 19.5 Å². The third-order valence-electron chi connectivity index (χ3n) is 5.65. The molecule has 0 saturated heterocycles. The van der Waals surface area contributed by atoms with Gasteiger partial charge in [-0.05, 0) is 29.7 Å². The van der Waals surface area contributed by atoms with Gasteiger partial charge in [0.15, 0.2) is 0 Å². The van der Waals surface area contributed by atoms with Gasteiger partial charge in [0.2, 0.25) is 0 Å². The van der Waals surface area contributed by atoms with Gasteiger partial charge in [-0.1, -0.05) is 66.7 Å². The third kappa shape index (κ3) is 4.10. The molecular formula is C23H28NO4P. The number of methoxy groups -OCH3 is 1. The minimum atomic E-state index is -3.57. The lowest BCUT2D eigenvalue weighted by Crippen LogP contribution is -2.46. The van der Waals surface area contributed by atoms with E-state index in [1.54, 1.807) is 7.11 Å². The molecule has 154 valence electrons. The lowest BCUT2D eigenvalue weighted by molar-refractivity contribution is 0.216. The number of rotatable bonds is 8. The van der Waals surface area contributed by atoms with Crippen LogP contribution in [0.4, 0.5) is 0 Å². The molecule has 0 bridgehead atoms. The van der Waals surface area contributed by atoms with E-state index in [-0.39, 0.29) is 5.92 Å². The lowest BCUT2D eigenvalue weighted by Gasteiger charge is -2.45. The van der Waals surface area contributed by atoms with Crippen molar-refractivity contribution in [2.45, 2.75) is 18.1 Å². The van der Waals surface area contributed by atoms with Crippen LogP contribution in [0.5, 0.6) is 0 Å². The summed E-state index contributed by atoms with van der Waals surface area (Å²) in [5, 5.41) is 0. The molecule has 1 aliphatic carbocycles. The summed E-state index contributed by atoms with van der Waals surface area (Å²) in [6.45, 7) is 0. The monoisotopic (exact) mass is 413 g/mol. The van der Waals surface area contributed by atoms with Gasteiger partial charge >= 0.3 is 7.60 Å². The van der Waals surface area contributed by atoms with E-state index in [2.05, 4.69) is 24.3 Å². The summed E-state index contributed by atoms with van der Waals surface area (Å²) in [5.74, 6) is -0.303. The number of hydrogen-bond donors (Lipinski definition) is 1. The van der Waals surface area contributed by atoms with E-state index < -0.39 is 18.8 Å². The maximum atomic E-state index is 13.4. The molecule has 0 radical (unpaired) electrons. The van der Waals surface area contributed by atoms with Crippen molar-refractivity contribution in [1.82, 2.24) is 0 Å². The maximum absolute atomic E-state index is 13.4. The second-order valence-electron chi connectivity index (χ2n) is 7.06. The SMILES string of the molecule is COC1=CCC(C(c2ccccc2)c2ccccc2)([C@H](N)P(=O)(OC)OC)C=C1. The molecule has 0 spiro atoms. The third-order valence-corrected chi connectivity index (χ3v) is 7.83. The van der Waals surface area contributed by atoms with E-state index in [1.807, 2.05) is 54.6 Å². The van der Waals surface area contributed by atoms with Gasteiger partial charge in [-0.2, -0.15) is 0 Å². The Morgan fingerprint density at radius 3 is 1.83 bits per heavy atom. The summed E-state index contributed by atoms with van der Waals surface area (Å²) in [5.41, 5.74) is 8.12. The van der Waals surface area contributed by atoms with E-state index in [1.165, 1.54) is 14.2 Å². The quantitative estimate of drug-likeness (QED) is 0.612. The summed E-state index contributed by atoms with van der Waals surface area (Å²) in [6, 6.07) is 20.2. The van der Waals surface area contributed by atoms with Crippen molar-refractivity contribution < 1.29 is 18.3 Å². The van der Waals surface area contributed by atoms with Crippen LogP contribution >= 0.6 is 7.60 Å². The van der Waals surface area contributed by atoms with Crippen LogP contribution in [0.15, 0.2) is 84.7 Å². The average Bonchev–Trinajstić information content (AvgIpc) is 2.80. The minimum absolute atomic E-state index is 0.163. The molecule has 0 aliphatic heterocycles. The van der Waals surface area contributed by atoms with E-state index in [9.17, 15) is 4.57 Å². The first-order valence-electron chi connectivity index (χ1n) is 9.51. The highest BCUT2D eigenvalue weighted by Gasteiger charge is 2.52. The first-order chi connectivity index (χ1) is 14.0. The van der Waals surface area contributed by atoms with E-state index in [0.29, 0.717) is 6.42 Å². The Labute approximate surface area is 172 Å². The van der Waals surface area contributed by atoms with Crippen molar-refractivity contribution in [3.8, 4) is 0 Å². The largest absolute Gasteiger partial charge is 0.497 e. The molecule has 2 N–H and O–H groups in total. The summed E-state index contributed by atoms with van der Waals surface area (Å²) in [7, 11) is 0.808. The van der Waals surface area contributed by atoms with E-state index in [0.717, 1.165) is 16.9 Å². The zero-order valence-electron chi connectivity index (χ0n) is 17.0. The average molecular weight is 413 g/mol. The van der Waals surface area contributed by atoms with Crippen LogP contribution < -0.4 is 5.73 Å². The molecule has 2 aromatic rings. The van der Waals surface area contributed by atoms with Gasteiger partial charge in [-0.3, -0.25) is 4.57 Å². The van der Waals surface area contributed by atoms with E-state index >= 15 is 0 Å². The number of allylic oxidation sites excluding steroid dienone is 2. The minimum Gasteiger partial charge on any atom is -0.497 e. The van der Waals surface area contributed by atoms with E-state index in [4.69, 9.17) is 19.5 Å². The first-order valence-corrected chi connectivity index (χ1v) is 11.1. The molecule has 6 heteroatoms. The highest BCUT2D eigenvalue weighted by molar-refractivity contribution is 7.54. The fourth-order valence-electron chi connectivity index (χ4n) is 4.11. The van der Waals surface area contributed by atoms with Gasteiger partial charge in [-0.25, -0.2) is 0 Å². The predicted molar refractivity (Wildman–Crippen MR) is 116 cm³/mol. The summed E-state index contributed by atoms with van der Waals surface area (Å²) in [6.07, 6.45) is 6.40. The highest BCUT2D eigenvalue weighted by atomic mass is 31.2. The normalized spacial score (nSPS) is 20.4. The number of ether oxygens (including phenoxy) is 1. The second kappa shape index (κ2) is 9.10. The van der Waals surface area contributed by atoms with Crippen LogP contribution in [0.25, 0.3) is 0 Å². The summed E-state index contributed by atoms with van der Waals surface area (Å²) >= 11 is 0. The van der Waals surface area contributed by atoms with Crippen LogP contribution in [0, 0.1) is 5.41 Å². The van der Waals surface area contributed by atoms with Crippen molar-refractivity contribution >= 4 is 7.60 Å². The van der Waals surface area contributed by atoms with Crippen molar-refractivity contribution in [2.24, 2.45) is 11.1 Å². The zero-order valence-corrected chi connectivity index (χ0v) is 17.9. The molecule has 5 nitrogen and oxygen atoms in total. The van der Waals surface area contributed by atoms with Crippen LogP contribution in [-0.2, 0) is 18.3 Å². The second-order valence-corrected chi connectivity index (χ2v) is 9.43. The van der Waals surface area contributed by atoms with Gasteiger partial charge in [0.05, 0.1) is 7.11 Å². The van der Waals surface area contributed by atoms with Crippen LogP contribution in [-0.4, -0.2) is 27.1 Å². The molecule has 2 aromatic carbocycles. The van der Waals surface area contributed by atoms with Gasteiger partial charge in [0.1, 0.15) is 11.5 Å². The highest BCUT2D eigenvalue weighted by Crippen LogP contribution is 2.62. The molecule has 1 unspecified atom stereocenters. The molecule has 1 aliphatic rings. The van der Waals surface area contributed by atoms with Gasteiger partial charge in [0, 0.05) is 25.6 Å². The molecule has 29 heavy (non-hydrogen) atoms. The molecular weight excluding hydrogens is 385 g/mol. The van der Waals surface area contributed by atoms with Gasteiger partial charge in [0.25, 0.3) is 0 Å². The Morgan fingerprint density at radius 1 is 0.931 bits per heavy atom. The fraction of sp³-hybridized carbons (Fsp3) is 0.304.